The van der Waals surface area contributed by atoms with Crippen molar-refractivity contribution in [1.29, 1.82) is 0 Å². The predicted octanol–water partition coefficient (Wildman–Crippen LogP) is 2.94. The molecule has 0 aliphatic carbocycles. The number of nitrogen functional groups attached to an aromatic ring is 1. The van der Waals surface area contributed by atoms with Crippen LogP contribution in [0, 0.1) is 6.92 Å². The van der Waals surface area contributed by atoms with Crippen LogP contribution in [-0.2, 0) is 10.1 Å². The summed E-state index contributed by atoms with van der Waals surface area (Å²) in [5.41, 5.74) is 7.87. The summed E-state index contributed by atoms with van der Waals surface area (Å²) in [7, 11) is -4.38. The lowest BCUT2D eigenvalue weighted by molar-refractivity contribution is 0.102. The first-order valence-corrected chi connectivity index (χ1v) is 9.01. The summed E-state index contributed by atoms with van der Waals surface area (Å²) < 4.78 is 31.5. The molecule has 0 aromatic heterocycles. The van der Waals surface area contributed by atoms with E-state index in [4.69, 9.17) is 10.3 Å². The van der Waals surface area contributed by atoms with E-state index in [2.05, 4.69) is 5.32 Å². The van der Waals surface area contributed by atoms with Gasteiger partial charge in [0, 0.05) is 28.4 Å². The van der Waals surface area contributed by atoms with Crippen molar-refractivity contribution in [2.45, 2.75) is 11.8 Å². The normalized spacial score (nSPS) is 11.5. The quantitative estimate of drug-likeness (QED) is 0.413. The highest BCUT2D eigenvalue weighted by Gasteiger charge is 2.13. The fourth-order valence-corrected chi connectivity index (χ4v) is 3.04. The number of carbonyl (C=O) groups is 1. The van der Waals surface area contributed by atoms with Gasteiger partial charge in [0.05, 0.1) is 4.90 Å². The molecule has 0 radical (unpaired) electrons. The number of amides is 1. The molecule has 0 spiro atoms. The molecule has 7 nitrogen and oxygen atoms in total. The minimum absolute atomic E-state index is 0.230. The van der Waals surface area contributed by atoms with Gasteiger partial charge in [0.1, 0.15) is 5.75 Å². The summed E-state index contributed by atoms with van der Waals surface area (Å²) in [6.07, 6.45) is 0. The minimum Gasteiger partial charge on any atom is -0.507 e. The highest BCUT2D eigenvalue weighted by atomic mass is 32.2. The standard InChI is InChI=1S/C18H16N2O5S/c1-10-2-3-12(7-16(10)19)18(22)20-13-6-11-4-5-14(26(23,24)25)9-15(11)17(21)8-13/h2-9,21H,19H2,1H3,(H,20,22)(H,23,24,25). The number of phenols is 1. The molecule has 8 heteroatoms. The summed E-state index contributed by atoms with van der Waals surface area (Å²) in [5, 5.41) is 13.5. The van der Waals surface area contributed by atoms with E-state index < -0.39 is 16.0 Å². The van der Waals surface area contributed by atoms with Crippen molar-refractivity contribution in [2.24, 2.45) is 0 Å². The topological polar surface area (TPSA) is 130 Å². The summed E-state index contributed by atoms with van der Waals surface area (Å²) in [6.45, 7) is 1.83. The minimum atomic E-state index is -4.38. The first-order chi connectivity index (χ1) is 12.1. The molecule has 1 amide bonds. The van der Waals surface area contributed by atoms with Crippen LogP contribution in [0.25, 0.3) is 10.8 Å². The van der Waals surface area contributed by atoms with Crippen molar-refractivity contribution in [2.75, 3.05) is 11.1 Å². The zero-order valence-corrected chi connectivity index (χ0v) is 14.5. The zero-order valence-electron chi connectivity index (χ0n) is 13.7. The van der Waals surface area contributed by atoms with Crippen LogP contribution in [0.5, 0.6) is 5.75 Å². The number of benzene rings is 3. The van der Waals surface area contributed by atoms with Crippen molar-refractivity contribution >= 4 is 38.2 Å². The Morgan fingerprint density at radius 1 is 1.08 bits per heavy atom. The Bertz CT molecular complexity index is 1140. The van der Waals surface area contributed by atoms with Crippen LogP contribution in [0.3, 0.4) is 0 Å². The molecule has 0 atom stereocenters. The third-order valence-electron chi connectivity index (χ3n) is 4.00. The van der Waals surface area contributed by atoms with Crippen LogP contribution < -0.4 is 11.1 Å². The van der Waals surface area contributed by atoms with Gasteiger partial charge >= 0.3 is 0 Å². The molecule has 0 saturated carbocycles. The second kappa shape index (κ2) is 6.32. The Kier molecular flexibility index (Phi) is 4.31. The van der Waals surface area contributed by atoms with Crippen LogP contribution in [0.2, 0.25) is 0 Å². The number of carbonyl (C=O) groups excluding carboxylic acids is 1. The van der Waals surface area contributed by atoms with Crippen LogP contribution in [0.4, 0.5) is 11.4 Å². The summed E-state index contributed by atoms with van der Waals surface area (Å²) in [6, 6.07) is 11.6. The molecule has 0 unspecified atom stereocenters. The molecule has 3 rings (SSSR count). The molecule has 134 valence electrons. The van der Waals surface area contributed by atoms with Crippen LogP contribution in [0.1, 0.15) is 15.9 Å². The highest BCUT2D eigenvalue weighted by Crippen LogP contribution is 2.31. The van der Waals surface area contributed by atoms with Crippen LogP contribution >= 0.6 is 0 Å². The second-order valence-corrected chi connectivity index (χ2v) is 7.30. The predicted molar refractivity (Wildman–Crippen MR) is 99.0 cm³/mol. The number of anilines is 2. The molecule has 0 bridgehead atoms. The van der Waals surface area contributed by atoms with Crippen molar-refractivity contribution in [3.05, 3.63) is 59.7 Å². The number of nitrogens with two attached hydrogens (primary N) is 1. The summed E-state index contributed by atoms with van der Waals surface area (Å²) >= 11 is 0. The van der Waals surface area contributed by atoms with Crippen molar-refractivity contribution in [1.82, 2.24) is 0 Å². The molecule has 0 heterocycles. The largest absolute Gasteiger partial charge is 0.507 e. The Balaban J connectivity index is 1.96. The Hall–Kier alpha value is -3.10. The average molecular weight is 372 g/mol. The molecular weight excluding hydrogens is 356 g/mol. The van der Waals surface area contributed by atoms with Gasteiger partial charge in [-0.25, -0.2) is 0 Å². The molecule has 0 aliphatic rings. The number of rotatable bonds is 3. The van der Waals surface area contributed by atoms with Gasteiger partial charge in [0.15, 0.2) is 0 Å². The van der Waals surface area contributed by atoms with Gasteiger partial charge in [-0.2, -0.15) is 8.42 Å². The number of fused-ring (bicyclic) bond motifs is 1. The highest BCUT2D eigenvalue weighted by molar-refractivity contribution is 7.85. The SMILES string of the molecule is Cc1ccc(C(=O)Nc2cc(O)c3cc(S(=O)(=O)O)ccc3c2)cc1N. The van der Waals surface area contributed by atoms with E-state index in [9.17, 15) is 18.3 Å². The first kappa shape index (κ1) is 17.7. The third kappa shape index (κ3) is 3.46. The maximum Gasteiger partial charge on any atom is 0.294 e. The van der Waals surface area contributed by atoms with E-state index in [0.717, 1.165) is 11.6 Å². The zero-order chi connectivity index (χ0) is 19.1. The van der Waals surface area contributed by atoms with Crippen LogP contribution in [0.15, 0.2) is 53.4 Å². The van der Waals surface area contributed by atoms with Gasteiger partial charge in [-0.05, 0) is 48.2 Å². The third-order valence-corrected chi connectivity index (χ3v) is 4.85. The Morgan fingerprint density at radius 3 is 2.46 bits per heavy atom. The number of hydrogen-bond acceptors (Lipinski definition) is 5. The molecular formula is C18H16N2O5S. The number of aryl methyl sites for hydroxylation is 1. The van der Waals surface area contributed by atoms with Gasteiger partial charge < -0.3 is 16.2 Å². The van der Waals surface area contributed by atoms with E-state index >= 15 is 0 Å². The molecule has 3 aromatic carbocycles. The lowest BCUT2D eigenvalue weighted by Gasteiger charge is -2.10. The molecule has 0 aliphatic heterocycles. The van der Waals surface area contributed by atoms with Crippen LogP contribution in [-0.4, -0.2) is 24.0 Å². The second-order valence-electron chi connectivity index (χ2n) is 5.88. The molecule has 0 saturated heterocycles. The fourth-order valence-electron chi connectivity index (χ4n) is 2.53. The molecule has 0 fully saturated rings. The lowest BCUT2D eigenvalue weighted by atomic mass is 10.1. The van der Waals surface area contributed by atoms with E-state index in [1.807, 2.05) is 6.92 Å². The fraction of sp³-hybridized carbons (Fsp3) is 0.0556. The maximum absolute atomic E-state index is 12.3. The number of nitrogens with one attached hydrogen (secondary N) is 1. The molecule has 5 N–H and O–H groups in total. The summed E-state index contributed by atoms with van der Waals surface area (Å²) in [4.78, 5) is 12.0. The van der Waals surface area contributed by atoms with Gasteiger partial charge in [-0.15, -0.1) is 0 Å². The van der Waals surface area contributed by atoms with Crippen molar-refractivity contribution in [3.63, 3.8) is 0 Å². The maximum atomic E-state index is 12.3. The average Bonchev–Trinajstić information content (AvgIpc) is 2.56. The van der Waals surface area contributed by atoms with Crippen molar-refractivity contribution < 1.29 is 22.9 Å². The Morgan fingerprint density at radius 2 is 1.81 bits per heavy atom. The molecule has 3 aromatic rings. The van der Waals surface area contributed by atoms with E-state index in [1.165, 1.54) is 18.2 Å². The smallest absolute Gasteiger partial charge is 0.294 e. The van der Waals surface area contributed by atoms with Crippen molar-refractivity contribution in [3.8, 4) is 5.75 Å². The van der Waals surface area contributed by atoms with Gasteiger partial charge in [-0.1, -0.05) is 12.1 Å². The lowest BCUT2D eigenvalue weighted by Crippen LogP contribution is -2.12. The van der Waals surface area contributed by atoms with E-state index in [0.29, 0.717) is 22.3 Å². The van der Waals surface area contributed by atoms with Gasteiger partial charge in [0.2, 0.25) is 0 Å². The van der Waals surface area contributed by atoms with Gasteiger partial charge in [0.25, 0.3) is 16.0 Å². The number of phenolic OH excluding ortho intramolecular Hbond substituents is 1. The summed E-state index contributed by atoms with van der Waals surface area (Å²) in [5.74, 6) is -0.628. The first-order valence-electron chi connectivity index (χ1n) is 7.57. The number of aromatic hydroxyl groups is 1. The Labute approximate surface area is 149 Å². The molecule has 26 heavy (non-hydrogen) atoms. The van der Waals surface area contributed by atoms with E-state index in [1.54, 1.807) is 24.3 Å². The number of hydrogen-bond donors (Lipinski definition) is 4. The van der Waals surface area contributed by atoms with E-state index in [-0.39, 0.29) is 16.0 Å². The monoisotopic (exact) mass is 372 g/mol. The van der Waals surface area contributed by atoms with Gasteiger partial charge in [-0.3, -0.25) is 9.35 Å².